The number of benzene rings is 1. The van der Waals surface area contributed by atoms with Crippen LogP contribution in [0.25, 0.3) is 0 Å². The summed E-state index contributed by atoms with van der Waals surface area (Å²) in [5, 5.41) is 10.2. The van der Waals surface area contributed by atoms with Crippen molar-refractivity contribution in [1.29, 1.82) is 0 Å². The van der Waals surface area contributed by atoms with Crippen LogP contribution in [0, 0.1) is 5.82 Å². The van der Waals surface area contributed by atoms with Crippen LogP contribution in [0.5, 0.6) is 0 Å². The zero-order valence-corrected chi connectivity index (χ0v) is 12.4. The number of nitrogens with zero attached hydrogens (tertiary/aromatic N) is 2. The van der Waals surface area contributed by atoms with Gasteiger partial charge in [-0.2, -0.15) is 0 Å². The van der Waals surface area contributed by atoms with E-state index in [-0.39, 0.29) is 5.82 Å². The average Bonchev–Trinajstić information content (AvgIpc) is 2.80. The molecule has 3 nitrogen and oxygen atoms in total. The summed E-state index contributed by atoms with van der Waals surface area (Å²) in [7, 11) is 0. The van der Waals surface area contributed by atoms with Gasteiger partial charge in [-0.3, -0.25) is 0 Å². The van der Waals surface area contributed by atoms with Gasteiger partial charge < -0.3 is 9.67 Å². The van der Waals surface area contributed by atoms with Crippen molar-refractivity contribution < 1.29 is 9.50 Å². The Bertz CT molecular complexity index is 568. The molecule has 0 aliphatic carbocycles. The molecule has 19 heavy (non-hydrogen) atoms. The molecule has 0 aliphatic heterocycles. The normalized spacial score (nSPS) is 12.9. The van der Waals surface area contributed by atoms with Crippen molar-refractivity contribution in [3.63, 3.8) is 0 Å². The molecule has 5 heteroatoms. The molecule has 1 N–H and O–H groups in total. The first kappa shape index (κ1) is 14.2. The highest BCUT2D eigenvalue weighted by Gasteiger charge is 2.14. The molecule has 0 fully saturated rings. The maximum absolute atomic E-state index is 13.2. The summed E-state index contributed by atoms with van der Waals surface area (Å²) in [6.45, 7) is 4.52. The Morgan fingerprint density at radius 2 is 2.16 bits per heavy atom. The van der Waals surface area contributed by atoms with Gasteiger partial charge in [-0.15, -0.1) is 0 Å². The Morgan fingerprint density at radius 3 is 2.79 bits per heavy atom. The highest BCUT2D eigenvalue weighted by Crippen LogP contribution is 2.23. The van der Waals surface area contributed by atoms with Gasteiger partial charge in [0.15, 0.2) is 0 Å². The summed E-state index contributed by atoms with van der Waals surface area (Å²) >= 11 is 3.12. The van der Waals surface area contributed by atoms with Crippen LogP contribution >= 0.6 is 15.9 Å². The van der Waals surface area contributed by atoms with E-state index >= 15 is 0 Å². The molecular formula is C14H16BrFN2O. The molecule has 0 saturated carbocycles. The standard InChI is InChI=1S/C14H16BrFN2O/c1-9(2)14-17-5-6-18(14)8-13(19)10-3-4-12(16)11(15)7-10/h3-7,9,13,19H,8H2,1-2H3. The lowest BCUT2D eigenvalue weighted by atomic mass is 10.1. The van der Waals surface area contributed by atoms with Crippen LogP contribution in [0.3, 0.4) is 0 Å². The maximum Gasteiger partial charge on any atom is 0.137 e. The van der Waals surface area contributed by atoms with Crippen molar-refractivity contribution in [2.45, 2.75) is 32.4 Å². The minimum Gasteiger partial charge on any atom is -0.387 e. The van der Waals surface area contributed by atoms with Crippen LogP contribution in [0.15, 0.2) is 35.1 Å². The Morgan fingerprint density at radius 1 is 1.42 bits per heavy atom. The van der Waals surface area contributed by atoms with Gasteiger partial charge in [-0.1, -0.05) is 19.9 Å². The monoisotopic (exact) mass is 326 g/mol. The van der Waals surface area contributed by atoms with Crippen LogP contribution in [0.4, 0.5) is 4.39 Å². The third kappa shape index (κ3) is 3.22. The van der Waals surface area contributed by atoms with E-state index in [0.29, 0.717) is 22.5 Å². The Labute approximate surface area is 120 Å². The minimum absolute atomic E-state index is 0.294. The molecule has 0 radical (unpaired) electrons. The van der Waals surface area contributed by atoms with Gasteiger partial charge >= 0.3 is 0 Å². The summed E-state index contributed by atoms with van der Waals surface area (Å²) in [4.78, 5) is 4.28. The third-order valence-corrected chi connectivity index (χ3v) is 3.57. The molecule has 0 aliphatic rings. The van der Waals surface area contributed by atoms with Gasteiger partial charge in [0.2, 0.25) is 0 Å². The Kier molecular flexibility index (Phi) is 4.37. The van der Waals surface area contributed by atoms with Gasteiger partial charge in [0.1, 0.15) is 11.6 Å². The van der Waals surface area contributed by atoms with Crippen molar-refractivity contribution in [3.8, 4) is 0 Å². The first-order valence-corrected chi connectivity index (χ1v) is 6.92. The zero-order chi connectivity index (χ0) is 14.0. The van der Waals surface area contributed by atoms with Crippen LogP contribution in [-0.2, 0) is 6.54 Å². The van der Waals surface area contributed by atoms with Crippen molar-refractivity contribution in [2.24, 2.45) is 0 Å². The minimum atomic E-state index is -0.691. The predicted octanol–water partition coefficient (Wildman–Crippen LogP) is 3.64. The zero-order valence-electron chi connectivity index (χ0n) is 10.8. The van der Waals surface area contributed by atoms with Crippen LogP contribution < -0.4 is 0 Å². The highest BCUT2D eigenvalue weighted by atomic mass is 79.9. The summed E-state index contributed by atoms with van der Waals surface area (Å²) in [5.74, 6) is 0.892. The van der Waals surface area contributed by atoms with E-state index in [1.807, 2.05) is 10.8 Å². The number of aromatic nitrogens is 2. The molecular weight excluding hydrogens is 311 g/mol. The number of aliphatic hydroxyl groups excluding tert-OH is 1. The second-order valence-electron chi connectivity index (χ2n) is 4.78. The molecule has 0 amide bonds. The maximum atomic E-state index is 13.2. The second kappa shape index (κ2) is 5.84. The fourth-order valence-corrected chi connectivity index (χ4v) is 2.38. The van der Waals surface area contributed by atoms with Gasteiger partial charge in [0, 0.05) is 18.3 Å². The van der Waals surface area contributed by atoms with Gasteiger partial charge in [-0.05, 0) is 33.6 Å². The van der Waals surface area contributed by atoms with Crippen LogP contribution in [-0.4, -0.2) is 14.7 Å². The van der Waals surface area contributed by atoms with Gasteiger partial charge in [0.05, 0.1) is 17.1 Å². The average molecular weight is 327 g/mol. The lowest BCUT2D eigenvalue weighted by molar-refractivity contribution is 0.154. The van der Waals surface area contributed by atoms with Gasteiger partial charge in [-0.25, -0.2) is 9.37 Å². The number of halogens is 2. The molecule has 1 aromatic heterocycles. The van der Waals surface area contributed by atoms with Gasteiger partial charge in [0.25, 0.3) is 0 Å². The molecule has 0 saturated heterocycles. The van der Waals surface area contributed by atoms with Crippen molar-refractivity contribution in [3.05, 3.63) is 52.3 Å². The third-order valence-electron chi connectivity index (χ3n) is 2.96. The van der Waals surface area contributed by atoms with Crippen molar-refractivity contribution in [1.82, 2.24) is 9.55 Å². The largest absolute Gasteiger partial charge is 0.387 e. The summed E-state index contributed by atoms with van der Waals surface area (Å²) in [5.41, 5.74) is 0.677. The lowest BCUT2D eigenvalue weighted by Gasteiger charge is -2.15. The molecule has 1 unspecified atom stereocenters. The highest BCUT2D eigenvalue weighted by molar-refractivity contribution is 9.10. The predicted molar refractivity (Wildman–Crippen MR) is 75.4 cm³/mol. The fourth-order valence-electron chi connectivity index (χ4n) is 1.99. The first-order valence-electron chi connectivity index (χ1n) is 6.13. The van der Waals surface area contributed by atoms with E-state index < -0.39 is 6.10 Å². The molecule has 2 aromatic rings. The molecule has 0 bridgehead atoms. The first-order chi connectivity index (χ1) is 8.99. The van der Waals surface area contributed by atoms with Crippen LogP contribution in [0.2, 0.25) is 0 Å². The SMILES string of the molecule is CC(C)c1nccn1CC(O)c1ccc(F)c(Br)c1. The molecule has 0 spiro atoms. The molecule has 1 atom stereocenters. The second-order valence-corrected chi connectivity index (χ2v) is 5.64. The van der Waals surface area contributed by atoms with E-state index in [1.165, 1.54) is 6.07 Å². The molecule has 1 aromatic carbocycles. The van der Waals surface area contributed by atoms with E-state index in [9.17, 15) is 9.50 Å². The number of imidazole rings is 1. The Balaban J connectivity index is 2.18. The van der Waals surface area contributed by atoms with E-state index in [4.69, 9.17) is 0 Å². The smallest absolute Gasteiger partial charge is 0.137 e. The topological polar surface area (TPSA) is 38.0 Å². The fraction of sp³-hybridized carbons (Fsp3) is 0.357. The number of aliphatic hydroxyl groups is 1. The number of rotatable bonds is 4. The number of hydrogen-bond acceptors (Lipinski definition) is 2. The quantitative estimate of drug-likeness (QED) is 0.931. The summed E-state index contributed by atoms with van der Waals surface area (Å²) in [6, 6.07) is 4.54. The molecule has 1 heterocycles. The van der Waals surface area contributed by atoms with E-state index in [0.717, 1.165) is 5.82 Å². The van der Waals surface area contributed by atoms with Crippen LogP contribution in [0.1, 0.15) is 37.3 Å². The Hall–Kier alpha value is -1.20. The van der Waals surface area contributed by atoms with E-state index in [1.54, 1.807) is 18.3 Å². The van der Waals surface area contributed by atoms with E-state index in [2.05, 4.69) is 34.8 Å². The van der Waals surface area contributed by atoms with Crippen molar-refractivity contribution >= 4 is 15.9 Å². The van der Waals surface area contributed by atoms with Crippen molar-refractivity contribution in [2.75, 3.05) is 0 Å². The number of hydrogen-bond donors (Lipinski definition) is 1. The molecule has 2 rings (SSSR count). The molecule has 102 valence electrons. The lowest BCUT2D eigenvalue weighted by Crippen LogP contribution is -2.12. The summed E-state index contributed by atoms with van der Waals surface area (Å²) in [6.07, 6.45) is 2.88. The summed E-state index contributed by atoms with van der Waals surface area (Å²) < 4.78 is 15.4.